The minimum atomic E-state index is 0.578. The first kappa shape index (κ1) is 14.1. The molecule has 4 heteroatoms. The van der Waals surface area contributed by atoms with Crippen molar-refractivity contribution in [1.82, 2.24) is 0 Å². The van der Waals surface area contributed by atoms with E-state index in [1.807, 2.05) is 24.3 Å². The molecule has 1 nitrogen and oxygen atoms in total. The summed E-state index contributed by atoms with van der Waals surface area (Å²) in [6.07, 6.45) is 0. The van der Waals surface area contributed by atoms with E-state index in [0.717, 1.165) is 31.2 Å². The second-order valence-electron chi connectivity index (χ2n) is 3.80. The summed E-state index contributed by atoms with van der Waals surface area (Å²) in [6.45, 7) is 0.578. The third-order valence-corrected chi connectivity index (χ3v) is 4.10. The highest BCUT2D eigenvalue weighted by atomic mass is 79.9. The van der Waals surface area contributed by atoms with Crippen LogP contribution >= 0.6 is 47.8 Å². The van der Waals surface area contributed by atoms with E-state index in [1.165, 1.54) is 0 Å². The van der Waals surface area contributed by atoms with Crippen molar-refractivity contribution in [1.29, 1.82) is 0 Å². The number of ether oxygens (including phenoxy) is 1. The lowest BCUT2D eigenvalue weighted by Crippen LogP contribution is -1.97. The van der Waals surface area contributed by atoms with E-state index in [0.29, 0.717) is 6.61 Å². The van der Waals surface area contributed by atoms with Crippen molar-refractivity contribution in [3.05, 3.63) is 62.5 Å². The Kier molecular flexibility index (Phi) is 5.27. The van der Waals surface area contributed by atoms with Gasteiger partial charge >= 0.3 is 0 Å². The van der Waals surface area contributed by atoms with E-state index < -0.39 is 0 Å². The van der Waals surface area contributed by atoms with Crippen molar-refractivity contribution in [3.63, 3.8) is 0 Å². The van der Waals surface area contributed by atoms with E-state index in [4.69, 9.17) is 4.74 Å². The van der Waals surface area contributed by atoms with Gasteiger partial charge in [0, 0.05) is 19.8 Å². The lowest BCUT2D eigenvalue weighted by molar-refractivity contribution is 0.304. The molecule has 0 amide bonds. The van der Waals surface area contributed by atoms with Crippen LogP contribution in [0, 0.1) is 0 Å². The Labute approximate surface area is 132 Å². The molecule has 0 saturated heterocycles. The zero-order valence-electron chi connectivity index (χ0n) is 9.50. The Bertz CT molecular complexity index is 523. The molecule has 2 aromatic rings. The van der Waals surface area contributed by atoms with Crippen LogP contribution in [-0.4, -0.2) is 0 Å². The van der Waals surface area contributed by atoms with Gasteiger partial charge in [0.25, 0.3) is 0 Å². The van der Waals surface area contributed by atoms with Gasteiger partial charge in [0.2, 0.25) is 0 Å². The van der Waals surface area contributed by atoms with E-state index in [9.17, 15) is 0 Å². The largest absolute Gasteiger partial charge is 0.489 e. The number of halogens is 3. The van der Waals surface area contributed by atoms with Gasteiger partial charge in [-0.3, -0.25) is 0 Å². The Morgan fingerprint density at radius 3 is 2.22 bits per heavy atom. The summed E-state index contributed by atoms with van der Waals surface area (Å²) in [5, 5.41) is 0.780. The van der Waals surface area contributed by atoms with Crippen LogP contribution in [0.25, 0.3) is 0 Å². The number of rotatable bonds is 4. The lowest BCUT2D eigenvalue weighted by Gasteiger charge is -2.10. The summed E-state index contributed by atoms with van der Waals surface area (Å²) in [4.78, 5) is 0. The summed E-state index contributed by atoms with van der Waals surface area (Å²) in [7, 11) is 0. The first-order valence-electron chi connectivity index (χ1n) is 5.40. The fraction of sp³-hybridized carbons (Fsp3) is 0.143. The molecule has 0 saturated carbocycles. The van der Waals surface area contributed by atoms with Crippen LogP contribution in [0.4, 0.5) is 0 Å². The Balaban J connectivity index is 2.08. The van der Waals surface area contributed by atoms with Crippen molar-refractivity contribution >= 4 is 47.8 Å². The monoisotopic (exact) mass is 432 g/mol. The van der Waals surface area contributed by atoms with Crippen LogP contribution in [0.3, 0.4) is 0 Å². The molecule has 0 spiro atoms. The zero-order valence-corrected chi connectivity index (χ0v) is 14.3. The van der Waals surface area contributed by atoms with E-state index >= 15 is 0 Å². The molecule has 18 heavy (non-hydrogen) atoms. The first-order chi connectivity index (χ1) is 8.69. The van der Waals surface area contributed by atoms with Crippen molar-refractivity contribution in [2.75, 3.05) is 0 Å². The summed E-state index contributed by atoms with van der Waals surface area (Å²) in [5.41, 5.74) is 2.29. The number of benzene rings is 2. The molecular weight excluding hydrogens is 424 g/mol. The van der Waals surface area contributed by atoms with Crippen molar-refractivity contribution in [2.45, 2.75) is 11.9 Å². The minimum Gasteiger partial charge on any atom is -0.489 e. The SMILES string of the molecule is BrCc1cc(Br)ccc1OCc1ccc(Br)cc1. The van der Waals surface area contributed by atoms with E-state index in [1.54, 1.807) is 0 Å². The maximum atomic E-state index is 5.84. The minimum absolute atomic E-state index is 0.578. The molecule has 0 radical (unpaired) electrons. The van der Waals surface area contributed by atoms with Gasteiger partial charge < -0.3 is 4.74 Å². The third-order valence-electron chi connectivity index (χ3n) is 2.47. The van der Waals surface area contributed by atoms with E-state index in [-0.39, 0.29) is 0 Å². The summed E-state index contributed by atoms with van der Waals surface area (Å²) in [5.74, 6) is 0.915. The van der Waals surface area contributed by atoms with Gasteiger partial charge in [-0.1, -0.05) is 59.9 Å². The smallest absolute Gasteiger partial charge is 0.123 e. The third kappa shape index (κ3) is 3.84. The van der Waals surface area contributed by atoms with Gasteiger partial charge in [0.1, 0.15) is 12.4 Å². The molecule has 0 fully saturated rings. The highest BCUT2D eigenvalue weighted by Gasteiger charge is 2.04. The van der Waals surface area contributed by atoms with Gasteiger partial charge in [-0.05, 0) is 35.9 Å². The van der Waals surface area contributed by atoms with Gasteiger partial charge in [-0.25, -0.2) is 0 Å². The fourth-order valence-corrected chi connectivity index (χ4v) is 2.65. The molecule has 0 aliphatic heterocycles. The zero-order chi connectivity index (χ0) is 13.0. The fourth-order valence-electron chi connectivity index (χ4n) is 1.53. The standard InChI is InChI=1S/C14H11Br3O/c15-8-11-7-13(17)5-6-14(11)18-9-10-1-3-12(16)4-2-10/h1-7H,8-9H2. The quantitative estimate of drug-likeness (QED) is 0.562. The first-order valence-corrected chi connectivity index (χ1v) is 8.11. The summed E-state index contributed by atoms with van der Waals surface area (Å²) >= 11 is 10.4. The van der Waals surface area contributed by atoms with Gasteiger partial charge in [0.15, 0.2) is 0 Å². The molecule has 0 aliphatic carbocycles. The second kappa shape index (κ2) is 6.73. The second-order valence-corrected chi connectivity index (χ2v) is 6.19. The van der Waals surface area contributed by atoms with Crippen LogP contribution in [0.2, 0.25) is 0 Å². The Morgan fingerprint density at radius 2 is 1.56 bits per heavy atom. The topological polar surface area (TPSA) is 9.23 Å². The van der Waals surface area contributed by atoms with Gasteiger partial charge in [0.05, 0.1) is 0 Å². The van der Waals surface area contributed by atoms with Crippen LogP contribution in [0.5, 0.6) is 5.75 Å². The predicted octanol–water partition coefficient (Wildman–Crippen LogP) is 5.69. The predicted molar refractivity (Wildman–Crippen MR) is 85.2 cm³/mol. The van der Waals surface area contributed by atoms with Crippen molar-refractivity contribution < 1.29 is 4.74 Å². The molecule has 0 unspecified atom stereocenters. The maximum absolute atomic E-state index is 5.84. The molecule has 0 N–H and O–H groups in total. The molecular formula is C14H11Br3O. The number of hydrogen-bond donors (Lipinski definition) is 0. The number of alkyl halides is 1. The average Bonchev–Trinajstić information content (AvgIpc) is 2.39. The normalized spacial score (nSPS) is 10.4. The molecule has 0 aliphatic rings. The highest BCUT2D eigenvalue weighted by molar-refractivity contribution is 9.10. The summed E-state index contributed by atoms with van der Waals surface area (Å²) in [6, 6.07) is 14.2. The van der Waals surface area contributed by atoms with Crippen LogP contribution in [-0.2, 0) is 11.9 Å². The van der Waals surface area contributed by atoms with E-state index in [2.05, 4.69) is 66.0 Å². The van der Waals surface area contributed by atoms with Crippen molar-refractivity contribution in [3.8, 4) is 5.75 Å². The van der Waals surface area contributed by atoms with Gasteiger partial charge in [-0.2, -0.15) is 0 Å². The molecule has 0 aromatic heterocycles. The lowest BCUT2D eigenvalue weighted by atomic mass is 10.2. The Morgan fingerprint density at radius 1 is 0.889 bits per heavy atom. The molecule has 94 valence electrons. The van der Waals surface area contributed by atoms with Gasteiger partial charge in [-0.15, -0.1) is 0 Å². The molecule has 2 aromatic carbocycles. The molecule has 2 rings (SSSR count). The Hall–Kier alpha value is -0.320. The maximum Gasteiger partial charge on any atom is 0.123 e. The molecule has 0 bridgehead atoms. The van der Waals surface area contributed by atoms with Crippen molar-refractivity contribution in [2.24, 2.45) is 0 Å². The summed E-state index contributed by atoms with van der Waals surface area (Å²) < 4.78 is 7.99. The van der Waals surface area contributed by atoms with Crippen LogP contribution in [0.1, 0.15) is 11.1 Å². The highest BCUT2D eigenvalue weighted by Crippen LogP contribution is 2.26. The number of hydrogen-bond acceptors (Lipinski definition) is 1. The molecule has 0 heterocycles. The molecule has 0 atom stereocenters. The van der Waals surface area contributed by atoms with Crippen LogP contribution < -0.4 is 4.74 Å². The van der Waals surface area contributed by atoms with Crippen LogP contribution in [0.15, 0.2) is 51.4 Å². The average molecular weight is 435 g/mol.